The summed E-state index contributed by atoms with van der Waals surface area (Å²) in [6.07, 6.45) is 0.116. The van der Waals surface area contributed by atoms with Gasteiger partial charge in [-0.05, 0) is 42.0 Å². The van der Waals surface area contributed by atoms with E-state index in [4.69, 9.17) is 0 Å². The Kier molecular flexibility index (Phi) is 6.07. The van der Waals surface area contributed by atoms with E-state index < -0.39 is 6.04 Å². The third-order valence-corrected chi connectivity index (χ3v) is 4.15. The smallest absolute Gasteiger partial charge is 0.265 e. The van der Waals surface area contributed by atoms with Gasteiger partial charge in [0.25, 0.3) is 5.91 Å². The first-order valence-electron chi connectivity index (χ1n) is 8.58. The number of carbonyl (C=O) groups excluding carboxylic acids is 2. The van der Waals surface area contributed by atoms with E-state index in [0.717, 1.165) is 5.56 Å². The number of carbonyl (C=O) groups is 2. The predicted octanol–water partition coefficient (Wildman–Crippen LogP) is 4.07. The van der Waals surface area contributed by atoms with Crippen molar-refractivity contribution in [3.63, 3.8) is 0 Å². The van der Waals surface area contributed by atoms with Crippen molar-refractivity contribution in [2.45, 2.75) is 12.5 Å². The normalized spacial score (nSPS) is 11.6. The Labute approximate surface area is 157 Å². The van der Waals surface area contributed by atoms with Gasteiger partial charge in [0.1, 0.15) is 5.82 Å². The van der Waals surface area contributed by atoms with Crippen LogP contribution in [-0.4, -0.2) is 11.7 Å². The van der Waals surface area contributed by atoms with Crippen LogP contribution in [0.5, 0.6) is 0 Å². The first kappa shape index (κ1) is 18.5. The molecule has 0 bridgehead atoms. The molecule has 1 amide bonds. The molecule has 0 fully saturated rings. The summed E-state index contributed by atoms with van der Waals surface area (Å²) in [4.78, 5) is 24.9. The van der Waals surface area contributed by atoms with Crippen molar-refractivity contribution in [2.24, 2.45) is 0 Å². The number of rotatable bonds is 7. The minimum atomic E-state index is -0.420. The van der Waals surface area contributed by atoms with Gasteiger partial charge in [-0.25, -0.2) is 9.82 Å². The van der Waals surface area contributed by atoms with Crippen LogP contribution < -0.4 is 10.9 Å². The fourth-order valence-corrected chi connectivity index (χ4v) is 2.69. The Morgan fingerprint density at radius 1 is 0.778 bits per heavy atom. The lowest BCUT2D eigenvalue weighted by Crippen LogP contribution is -2.40. The van der Waals surface area contributed by atoms with Crippen molar-refractivity contribution < 1.29 is 14.0 Å². The number of hydrazine groups is 1. The predicted molar refractivity (Wildman–Crippen MR) is 102 cm³/mol. The fourth-order valence-electron chi connectivity index (χ4n) is 2.69. The van der Waals surface area contributed by atoms with Gasteiger partial charge in [-0.15, -0.1) is 0 Å². The highest BCUT2D eigenvalue weighted by atomic mass is 19.1. The molecular formula is C22H19FN2O2. The van der Waals surface area contributed by atoms with Crippen molar-refractivity contribution in [3.8, 4) is 0 Å². The van der Waals surface area contributed by atoms with E-state index in [-0.39, 0.29) is 23.9 Å². The summed E-state index contributed by atoms with van der Waals surface area (Å²) in [5.74, 6) is -0.824. The summed E-state index contributed by atoms with van der Waals surface area (Å²) < 4.78 is 13.1. The molecule has 0 radical (unpaired) electrons. The van der Waals surface area contributed by atoms with E-state index in [9.17, 15) is 14.0 Å². The minimum absolute atomic E-state index is 0.116. The molecule has 3 aromatic carbocycles. The summed E-state index contributed by atoms with van der Waals surface area (Å²) in [6, 6.07) is 23.2. The highest BCUT2D eigenvalue weighted by molar-refractivity contribution is 5.96. The average molecular weight is 362 g/mol. The number of ketones is 1. The van der Waals surface area contributed by atoms with E-state index in [1.807, 2.05) is 36.4 Å². The van der Waals surface area contributed by atoms with Crippen molar-refractivity contribution in [2.75, 3.05) is 0 Å². The average Bonchev–Trinajstić information content (AvgIpc) is 2.72. The molecule has 1 unspecified atom stereocenters. The molecule has 2 N–H and O–H groups in total. The highest BCUT2D eigenvalue weighted by Gasteiger charge is 2.18. The number of Topliss-reactive ketones (excluding diaryl/α,β-unsaturated/α-hetero) is 1. The van der Waals surface area contributed by atoms with Gasteiger partial charge in [-0.1, -0.05) is 48.5 Å². The third kappa shape index (κ3) is 5.09. The van der Waals surface area contributed by atoms with E-state index in [1.165, 1.54) is 24.3 Å². The lowest BCUT2D eigenvalue weighted by Gasteiger charge is -2.19. The quantitative estimate of drug-likeness (QED) is 0.492. The van der Waals surface area contributed by atoms with Crippen LogP contribution in [0.3, 0.4) is 0 Å². The van der Waals surface area contributed by atoms with Gasteiger partial charge in [-0.3, -0.25) is 15.0 Å². The third-order valence-electron chi connectivity index (χ3n) is 4.15. The number of hydrogen-bond acceptors (Lipinski definition) is 3. The van der Waals surface area contributed by atoms with Gasteiger partial charge < -0.3 is 0 Å². The van der Waals surface area contributed by atoms with Gasteiger partial charge in [0.15, 0.2) is 5.78 Å². The van der Waals surface area contributed by atoms with Gasteiger partial charge in [0.05, 0.1) is 6.04 Å². The standard InChI is InChI=1S/C22H19FN2O2/c23-19-13-11-17(12-14-19)21(26)15-20(16-7-3-1-4-8-16)24-25-22(27)18-9-5-2-6-10-18/h1-14,20,24H,15H2,(H,25,27). The SMILES string of the molecule is O=C(CC(NNC(=O)c1ccccc1)c1ccccc1)c1ccc(F)cc1. The highest BCUT2D eigenvalue weighted by Crippen LogP contribution is 2.19. The maximum Gasteiger partial charge on any atom is 0.265 e. The van der Waals surface area contributed by atoms with Crippen molar-refractivity contribution >= 4 is 11.7 Å². The molecule has 136 valence electrons. The molecule has 1 atom stereocenters. The minimum Gasteiger partial charge on any atom is -0.294 e. The van der Waals surface area contributed by atoms with E-state index in [2.05, 4.69) is 10.9 Å². The zero-order valence-corrected chi connectivity index (χ0v) is 14.6. The van der Waals surface area contributed by atoms with Crippen molar-refractivity contribution in [1.29, 1.82) is 0 Å². The summed E-state index contributed by atoms with van der Waals surface area (Å²) in [5.41, 5.74) is 7.42. The molecule has 0 aromatic heterocycles. The van der Waals surface area contributed by atoms with E-state index in [1.54, 1.807) is 24.3 Å². The molecule has 0 aliphatic carbocycles. The lowest BCUT2D eigenvalue weighted by atomic mass is 9.98. The van der Waals surface area contributed by atoms with E-state index >= 15 is 0 Å². The van der Waals surface area contributed by atoms with Crippen LogP contribution in [0.2, 0.25) is 0 Å². The Hall–Kier alpha value is -3.31. The number of hydrogen-bond donors (Lipinski definition) is 2. The van der Waals surface area contributed by atoms with Crippen molar-refractivity contribution in [3.05, 3.63) is 107 Å². The summed E-state index contributed by atoms with van der Waals surface area (Å²) in [5, 5.41) is 0. The van der Waals surface area contributed by atoms with Crippen LogP contribution in [0, 0.1) is 5.82 Å². The van der Waals surface area contributed by atoms with Crippen LogP contribution >= 0.6 is 0 Å². The first-order valence-corrected chi connectivity index (χ1v) is 8.58. The summed E-state index contributed by atoms with van der Waals surface area (Å²) >= 11 is 0. The second-order valence-corrected chi connectivity index (χ2v) is 6.06. The van der Waals surface area contributed by atoms with E-state index in [0.29, 0.717) is 11.1 Å². The zero-order chi connectivity index (χ0) is 19.1. The Morgan fingerprint density at radius 3 is 2.00 bits per heavy atom. The number of amides is 1. The number of halogens is 1. The van der Waals surface area contributed by atoms with Gasteiger partial charge in [-0.2, -0.15) is 0 Å². The van der Waals surface area contributed by atoms with Crippen LogP contribution in [0.1, 0.15) is 38.7 Å². The van der Waals surface area contributed by atoms with Crippen LogP contribution in [0.4, 0.5) is 4.39 Å². The molecule has 5 heteroatoms. The Morgan fingerprint density at radius 2 is 1.37 bits per heavy atom. The van der Waals surface area contributed by atoms with Crippen LogP contribution in [0.15, 0.2) is 84.9 Å². The fraction of sp³-hybridized carbons (Fsp3) is 0.0909. The maximum absolute atomic E-state index is 13.1. The molecular weight excluding hydrogens is 343 g/mol. The van der Waals surface area contributed by atoms with Crippen molar-refractivity contribution in [1.82, 2.24) is 10.9 Å². The zero-order valence-electron chi connectivity index (χ0n) is 14.6. The molecule has 3 rings (SSSR count). The molecule has 27 heavy (non-hydrogen) atoms. The maximum atomic E-state index is 13.1. The van der Waals surface area contributed by atoms with Gasteiger partial charge >= 0.3 is 0 Å². The largest absolute Gasteiger partial charge is 0.294 e. The molecule has 0 heterocycles. The monoisotopic (exact) mass is 362 g/mol. The van der Waals surface area contributed by atoms with Crippen LogP contribution in [-0.2, 0) is 0 Å². The second-order valence-electron chi connectivity index (χ2n) is 6.06. The number of nitrogens with one attached hydrogen (secondary N) is 2. The van der Waals surface area contributed by atoms with Crippen LogP contribution in [0.25, 0.3) is 0 Å². The van der Waals surface area contributed by atoms with Gasteiger partial charge in [0, 0.05) is 17.5 Å². The second kappa shape index (κ2) is 8.87. The molecule has 0 aliphatic rings. The number of benzene rings is 3. The molecule has 0 saturated heterocycles. The summed E-state index contributed by atoms with van der Waals surface area (Å²) in [6.45, 7) is 0. The molecule has 3 aromatic rings. The molecule has 4 nitrogen and oxygen atoms in total. The topological polar surface area (TPSA) is 58.2 Å². The Bertz CT molecular complexity index is 897. The summed E-state index contributed by atoms with van der Waals surface area (Å²) in [7, 11) is 0. The first-order chi connectivity index (χ1) is 13.1. The Balaban J connectivity index is 1.72. The molecule has 0 spiro atoms. The van der Waals surface area contributed by atoms with Gasteiger partial charge in [0.2, 0.25) is 0 Å². The molecule has 0 saturated carbocycles. The molecule has 0 aliphatic heterocycles. The lowest BCUT2D eigenvalue weighted by molar-refractivity contribution is 0.0900.